The van der Waals surface area contributed by atoms with E-state index in [0.717, 1.165) is 5.56 Å². The van der Waals surface area contributed by atoms with Crippen molar-refractivity contribution in [3.63, 3.8) is 0 Å². The van der Waals surface area contributed by atoms with Gasteiger partial charge in [0.05, 0.1) is 13.2 Å². The minimum Gasteiger partial charge on any atom is -0.383 e. The Labute approximate surface area is 107 Å². The van der Waals surface area contributed by atoms with Crippen LogP contribution in [0.3, 0.4) is 0 Å². The molecule has 0 atom stereocenters. The van der Waals surface area contributed by atoms with Gasteiger partial charge in [-0.1, -0.05) is 0 Å². The highest BCUT2D eigenvalue weighted by Crippen LogP contribution is 2.05. The molecule has 0 saturated carbocycles. The number of ether oxygens (including phenoxy) is 1. The highest BCUT2D eigenvalue weighted by molar-refractivity contribution is 5.77. The Kier molecular flexibility index (Phi) is 5.91. The Morgan fingerprint density at radius 1 is 1.61 bits per heavy atom. The number of rotatable bonds is 7. The monoisotopic (exact) mass is 250 g/mol. The average Bonchev–Trinajstić information content (AvgIpc) is 2.70. The van der Waals surface area contributed by atoms with Gasteiger partial charge in [-0.25, -0.2) is 0 Å². The highest BCUT2D eigenvalue weighted by Gasteiger charge is 2.03. The summed E-state index contributed by atoms with van der Waals surface area (Å²) in [6.07, 6.45) is 1.87. The van der Waals surface area contributed by atoms with E-state index in [1.165, 1.54) is 0 Å². The molecule has 18 heavy (non-hydrogen) atoms. The fourth-order valence-corrected chi connectivity index (χ4v) is 1.52. The topological polar surface area (TPSA) is 79.1 Å². The van der Waals surface area contributed by atoms with E-state index in [-0.39, 0.29) is 12.5 Å². The van der Waals surface area contributed by atoms with Crippen molar-refractivity contribution in [2.24, 2.45) is 7.05 Å². The molecule has 2 N–H and O–H groups in total. The lowest BCUT2D eigenvalue weighted by Crippen LogP contribution is -2.35. The van der Waals surface area contributed by atoms with Gasteiger partial charge in [0, 0.05) is 33.4 Å². The molecule has 0 radical (unpaired) electrons. The predicted octanol–water partition coefficient (Wildman–Crippen LogP) is -0.251. The molecule has 0 aliphatic rings. The van der Waals surface area contributed by atoms with Crippen LogP contribution in [0.1, 0.15) is 11.3 Å². The van der Waals surface area contributed by atoms with Gasteiger partial charge in [0.15, 0.2) is 0 Å². The predicted molar refractivity (Wildman–Crippen MR) is 66.7 cm³/mol. The van der Waals surface area contributed by atoms with Gasteiger partial charge in [-0.2, -0.15) is 5.26 Å². The molecule has 1 heterocycles. The van der Waals surface area contributed by atoms with Gasteiger partial charge in [0.2, 0.25) is 5.91 Å². The van der Waals surface area contributed by atoms with Crippen LogP contribution in [0.4, 0.5) is 0 Å². The van der Waals surface area contributed by atoms with E-state index in [2.05, 4.69) is 16.7 Å². The summed E-state index contributed by atoms with van der Waals surface area (Å²) in [6.45, 7) is 1.84. The fourth-order valence-electron chi connectivity index (χ4n) is 1.52. The number of methoxy groups -OCH3 is 1. The standard InChI is InChI=1S/C12H18N4O2/c1-16-9-10(5-11(16)6-13)7-14-8-12(17)15-3-4-18-2/h5,9,14H,3-4,7-8H2,1-2H3,(H,15,17). The van der Waals surface area contributed by atoms with Gasteiger partial charge >= 0.3 is 0 Å². The van der Waals surface area contributed by atoms with Crippen molar-refractivity contribution < 1.29 is 9.53 Å². The molecule has 0 spiro atoms. The number of amides is 1. The van der Waals surface area contributed by atoms with Gasteiger partial charge in [-0.3, -0.25) is 4.79 Å². The first-order valence-corrected chi connectivity index (χ1v) is 5.69. The molecule has 6 heteroatoms. The SMILES string of the molecule is COCCNC(=O)CNCc1cc(C#N)n(C)c1. The Morgan fingerprint density at radius 3 is 3.00 bits per heavy atom. The lowest BCUT2D eigenvalue weighted by molar-refractivity contribution is -0.120. The average molecular weight is 250 g/mol. The smallest absolute Gasteiger partial charge is 0.234 e. The number of carbonyl (C=O) groups is 1. The van der Waals surface area contributed by atoms with Crippen molar-refractivity contribution in [1.82, 2.24) is 15.2 Å². The van der Waals surface area contributed by atoms with Crippen molar-refractivity contribution in [2.45, 2.75) is 6.54 Å². The Hall–Kier alpha value is -1.84. The summed E-state index contributed by atoms with van der Waals surface area (Å²) in [6, 6.07) is 3.89. The van der Waals surface area contributed by atoms with Gasteiger partial charge < -0.3 is 19.9 Å². The van der Waals surface area contributed by atoms with E-state index in [4.69, 9.17) is 10.00 Å². The van der Waals surface area contributed by atoms with Crippen molar-refractivity contribution in [3.8, 4) is 6.07 Å². The summed E-state index contributed by atoms with van der Waals surface area (Å²) in [4.78, 5) is 11.3. The molecular formula is C12H18N4O2. The number of hydrogen-bond acceptors (Lipinski definition) is 4. The van der Waals surface area contributed by atoms with Crippen LogP contribution in [0.25, 0.3) is 0 Å². The number of carbonyl (C=O) groups excluding carboxylic acids is 1. The van der Waals surface area contributed by atoms with Gasteiger partial charge in [0.1, 0.15) is 11.8 Å². The number of aryl methyl sites for hydroxylation is 1. The first kappa shape index (κ1) is 14.2. The van der Waals surface area contributed by atoms with E-state index < -0.39 is 0 Å². The van der Waals surface area contributed by atoms with Gasteiger partial charge in [-0.15, -0.1) is 0 Å². The molecule has 6 nitrogen and oxygen atoms in total. The molecule has 0 fully saturated rings. The molecule has 1 aromatic heterocycles. The Bertz CT molecular complexity index is 434. The zero-order chi connectivity index (χ0) is 13.4. The summed E-state index contributed by atoms with van der Waals surface area (Å²) in [5.41, 5.74) is 1.59. The van der Waals surface area contributed by atoms with Crippen molar-refractivity contribution >= 4 is 5.91 Å². The van der Waals surface area contributed by atoms with Crippen LogP contribution in [0.15, 0.2) is 12.3 Å². The quantitative estimate of drug-likeness (QED) is 0.654. The van der Waals surface area contributed by atoms with Crippen LogP contribution in [0.5, 0.6) is 0 Å². The highest BCUT2D eigenvalue weighted by atomic mass is 16.5. The van der Waals surface area contributed by atoms with E-state index in [9.17, 15) is 4.79 Å². The van der Waals surface area contributed by atoms with Crippen molar-refractivity contribution in [3.05, 3.63) is 23.5 Å². The lowest BCUT2D eigenvalue weighted by Gasteiger charge is -2.05. The molecule has 1 rings (SSSR count). The van der Waals surface area contributed by atoms with Crippen LogP contribution in [0, 0.1) is 11.3 Å². The number of nitrogens with one attached hydrogen (secondary N) is 2. The molecule has 0 bridgehead atoms. The van der Waals surface area contributed by atoms with E-state index in [0.29, 0.717) is 25.4 Å². The third-order valence-corrected chi connectivity index (χ3v) is 2.42. The maximum atomic E-state index is 11.3. The molecule has 0 aliphatic carbocycles. The molecule has 0 unspecified atom stereocenters. The molecule has 98 valence electrons. The van der Waals surface area contributed by atoms with Gasteiger partial charge in [-0.05, 0) is 11.6 Å². The largest absolute Gasteiger partial charge is 0.383 e. The van der Waals surface area contributed by atoms with Gasteiger partial charge in [0.25, 0.3) is 0 Å². The van der Waals surface area contributed by atoms with E-state index >= 15 is 0 Å². The molecule has 0 aliphatic heterocycles. The normalized spacial score (nSPS) is 10.1. The number of hydrogen-bond donors (Lipinski definition) is 2. The van der Waals surface area contributed by atoms with Crippen molar-refractivity contribution in [1.29, 1.82) is 5.26 Å². The summed E-state index contributed by atoms with van der Waals surface area (Å²) < 4.78 is 6.59. The minimum absolute atomic E-state index is 0.0662. The minimum atomic E-state index is -0.0662. The van der Waals surface area contributed by atoms with Crippen LogP contribution in [-0.4, -0.2) is 37.3 Å². The van der Waals surface area contributed by atoms with Crippen LogP contribution in [0.2, 0.25) is 0 Å². The molecule has 1 aromatic rings. The Morgan fingerprint density at radius 2 is 2.39 bits per heavy atom. The summed E-state index contributed by atoms with van der Waals surface area (Å²) in [7, 11) is 3.41. The van der Waals surface area contributed by atoms with E-state index in [1.807, 2.05) is 13.2 Å². The second-order valence-electron chi connectivity index (χ2n) is 3.90. The third kappa shape index (κ3) is 4.57. The van der Waals surface area contributed by atoms with E-state index in [1.54, 1.807) is 17.7 Å². The number of nitrogens with zero attached hydrogens (tertiary/aromatic N) is 2. The summed E-state index contributed by atoms with van der Waals surface area (Å²) >= 11 is 0. The molecular weight excluding hydrogens is 232 g/mol. The molecule has 0 aromatic carbocycles. The fraction of sp³-hybridized carbons (Fsp3) is 0.500. The summed E-state index contributed by atoms with van der Waals surface area (Å²) in [5.74, 6) is -0.0662. The number of aromatic nitrogens is 1. The first-order chi connectivity index (χ1) is 8.67. The Balaban J connectivity index is 2.25. The zero-order valence-electron chi connectivity index (χ0n) is 10.7. The second-order valence-corrected chi connectivity index (χ2v) is 3.90. The van der Waals surface area contributed by atoms with Crippen LogP contribution < -0.4 is 10.6 Å². The molecule has 0 saturated heterocycles. The zero-order valence-corrected chi connectivity index (χ0v) is 10.7. The van der Waals surface area contributed by atoms with Crippen molar-refractivity contribution in [2.75, 3.05) is 26.8 Å². The summed E-state index contributed by atoms with van der Waals surface area (Å²) in [5, 5.41) is 14.5. The lowest BCUT2D eigenvalue weighted by atomic mass is 10.3. The van der Waals surface area contributed by atoms with Crippen LogP contribution in [-0.2, 0) is 23.1 Å². The number of nitriles is 1. The van der Waals surface area contributed by atoms with Crippen LogP contribution >= 0.6 is 0 Å². The third-order valence-electron chi connectivity index (χ3n) is 2.42. The second kappa shape index (κ2) is 7.48. The maximum absolute atomic E-state index is 11.3. The maximum Gasteiger partial charge on any atom is 0.234 e. The first-order valence-electron chi connectivity index (χ1n) is 5.69. The molecule has 1 amide bonds.